The molecule has 178 valence electrons. The Bertz CT molecular complexity index is 830. The fraction of sp³-hybridized carbons (Fsp3) is 0.767. The molecule has 2 saturated carbocycles. The van der Waals surface area contributed by atoms with Gasteiger partial charge in [-0.25, -0.2) is 0 Å². The first kappa shape index (κ1) is 23.8. The number of carbonyl (C=O) groups excluding carboxylic acids is 1. The Morgan fingerprint density at radius 1 is 1.09 bits per heavy atom. The number of allylic oxidation sites excluding steroid dienone is 5. The molecule has 2 fully saturated rings. The van der Waals surface area contributed by atoms with Crippen molar-refractivity contribution in [1.29, 1.82) is 0 Å². The summed E-state index contributed by atoms with van der Waals surface area (Å²) in [7, 11) is 0. The third-order valence-corrected chi connectivity index (χ3v) is 10.2. The zero-order chi connectivity index (χ0) is 23.3. The molecular formula is C30H46O2. The van der Waals surface area contributed by atoms with Gasteiger partial charge < -0.3 is 4.74 Å². The average Bonchev–Trinajstić information content (AvgIpc) is 3.08. The monoisotopic (exact) mass is 438 g/mol. The van der Waals surface area contributed by atoms with Crippen molar-refractivity contribution in [1.82, 2.24) is 0 Å². The van der Waals surface area contributed by atoms with Crippen LogP contribution in [0, 0.1) is 40.4 Å². The van der Waals surface area contributed by atoms with Crippen LogP contribution in [0.15, 0.2) is 34.9 Å². The summed E-state index contributed by atoms with van der Waals surface area (Å²) in [4.78, 5) is 11.5. The second-order valence-electron chi connectivity index (χ2n) is 12.3. The molecule has 32 heavy (non-hydrogen) atoms. The highest BCUT2D eigenvalue weighted by Crippen LogP contribution is 2.64. The summed E-state index contributed by atoms with van der Waals surface area (Å²) in [6, 6.07) is 0. The van der Waals surface area contributed by atoms with Gasteiger partial charge in [0.1, 0.15) is 6.10 Å². The van der Waals surface area contributed by atoms with Crippen molar-refractivity contribution in [2.24, 2.45) is 40.4 Å². The molecule has 2 nitrogen and oxygen atoms in total. The lowest BCUT2D eigenvalue weighted by atomic mass is 9.53. The first-order valence-corrected chi connectivity index (χ1v) is 13.3. The van der Waals surface area contributed by atoms with Gasteiger partial charge in [-0.1, -0.05) is 76.5 Å². The Morgan fingerprint density at radius 3 is 2.53 bits per heavy atom. The number of ether oxygens (including phenoxy) is 1. The molecule has 0 aromatic carbocycles. The van der Waals surface area contributed by atoms with Crippen molar-refractivity contribution in [3.05, 3.63) is 34.9 Å². The Balaban J connectivity index is 1.53. The highest BCUT2D eigenvalue weighted by Gasteiger charge is 2.54. The van der Waals surface area contributed by atoms with Gasteiger partial charge in [-0.2, -0.15) is 0 Å². The Hall–Kier alpha value is -1.31. The van der Waals surface area contributed by atoms with Crippen LogP contribution in [0.4, 0.5) is 0 Å². The SMILES string of the molecule is CC(=O)O[C@H]1CC[C@@]2(C)C(=CCC3=C2CC[C@]2(C)[C@@H]([C@H](C)/C=C/[C@H](C)C(C)C)CC[C@@H]32)C1. The van der Waals surface area contributed by atoms with Gasteiger partial charge in [0.25, 0.3) is 0 Å². The topological polar surface area (TPSA) is 26.3 Å². The van der Waals surface area contributed by atoms with Gasteiger partial charge in [0.05, 0.1) is 0 Å². The molecule has 0 aromatic heterocycles. The van der Waals surface area contributed by atoms with E-state index in [9.17, 15) is 4.79 Å². The fourth-order valence-electron chi connectivity index (χ4n) is 7.83. The summed E-state index contributed by atoms with van der Waals surface area (Å²) >= 11 is 0. The molecule has 7 atom stereocenters. The number of fused-ring (bicyclic) bond motifs is 4. The molecule has 4 aliphatic carbocycles. The summed E-state index contributed by atoms with van der Waals surface area (Å²) in [6.45, 7) is 16.1. The van der Waals surface area contributed by atoms with E-state index in [1.54, 1.807) is 23.6 Å². The first-order chi connectivity index (χ1) is 15.1. The van der Waals surface area contributed by atoms with Crippen molar-refractivity contribution in [2.45, 2.75) is 106 Å². The van der Waals surface area contributed by atoms with E-state index >= 15 is 0 Å². The number of hydrogen-bond acceptors (Lipinski definition) is 2. The zero-order valence-electron chi connectivity index (χ0n) is 21.7. The lowest BCUT2D eigenvalue weighted by molar-refractivity contribution is -0.147. The third kappa shape index (κ3) is 4.05. The van der Waals surface area contributed by atoms with Crippen molar-refractivity contribution in [2.75, 3.05) is 0 Å². The molecule has 4 rings (SSSR count). The highest BCUT2D eigenvalue weighted by atomic mass is 16.5. The lowest BCUT2D eigenvalue weighted by Crippen LogP contribution is -2.42. The molecule has 0 saturated heterocycles. The quantitative estimate of drug-likeness (QED) is 0.320. The summed E-state index contributed by atoms with van der Waals surface area (Å²) < 4.78 is 5.60. The molecule has 0 amide bonds. The minimum Gasteiger partial charge on any atom is -0.462 e. The van der Waals surface area contributed by atoms with Crippen LogP contribution in [0.2, 0.25) is 0 Å². The van der Waals surface area contributed by atoms with Crippen LogP contribution in [0.25, 0.3) is 0 Å². The van der Waals surface area contributed by atoms with E-state index in [0.29, 0.717) is 23.2 Å². The van der Waals surface area contributed by atoms with Crippen LogP contribution in [0.1, 0.15) is 99.8 Å². The molecule has 4 aliphatic rings. The average molecular weight is 439 g/mol. The summed E-state index contributed by atoms with van der Waals surface area (Å²) in [6.07, 6.45) is 17.2. The standard InChI is InChI=1S/C30H46O2/c1-19(2)20(3)8-9-21(4)26-12-13-27-25-11-10-23-18-24(32-22(5)31)14-16-29(23,6)28(25)15-17-30(26,27)7/h8-10,19-21,24,26-27H,11-18H2,1-7H3/b9-8+/t20-,21+,24-,26+,27-,29-,30+/m0/s1. The zero-order valence-corrected chi connectivity index (χ0v) is 21.7. The maximum Gasteiger partial charge on any atom is 0.302 e. The van der Waals surface area contributed by atoms with Gasteiger partial charge in [0, 0.05) is 18.8 Å². The molecule has 0 N–H and O–H groups in total. The van der Waals surface area contributed by atoms with Crippen molar-refractivity contribution < 1.29 is 9.53 Å². The van der Waals surface area contributed by atoms with Gasteiger partial charge in [-0.3, -0.25) is 4.79 Å². The van der Waals surface area contributed by atoms with E-state index in [2.05, 4.69) is 59.8 Å². The molecule has 0 aliphatic heterocycles. The Kier molecular flexibility index (Phi) is 6.56. The van der Waals surface area contributed by atoms with Crippen molar-refractivity contribution in [3.63, 3.8) is 0 Å². The molecule has 0 heterocycles. The first-order valence-electron chi connectivity index (χ1n) is 13.3. The third-order valence-electron chi connectivity index (χ3n) is 10.2. The largest absolute Gasteiger partial charge is 0.462 e. The van der Waals surface area contributed by atoms with Crippen LogP contribution in [0.3, 0.4) is 0 Å². The van der Waals surface area contributed by atoms with Gasteiger partial charge in [0.2, 0.25) is 0 Å². The smallest absolute Gasteiger partial charge is 0.302 e. The number of hydrogen-bond donors (Lipinski definition) is 0. The van der Waals surface area contributed by atoms with Gasteiger partial charge in [-0.05, 0) is 80.0 Å². The minimum atomic E-state index is -0.133. The van der Waals surface area contributed by atoms with Crippen LogP contribution < -0.4 is 0 Å². The van der Waals surface area contributed by atoms with Crippen LogP contribution in [-0.4, -0.2) is 12.1 Å². The number of esters is 1. The maximum absolute atomic E-state index is 11.5. The number of carbonyl (C=O) groups is 1. The molecule has 0 spiro atoms. The van der Waals surface area contributed by atoms with Crippen molar-refractivity contribution >= 4 is 5.97 Å². The van der Waals surface area contributed by atoms with Crippen molar-refractivity contribution in [3.8, 4) is 0 Å². The fourth-order valence-corrected chi connectivity index (χ4v) is 7.83. The van der Waals surface area contributed by atoms with E-state index in [4.69, 9.17) is 4.74 Å². The van der Waals surface area contributed by atoms with Crippen LogP contribution >= 0.6 is 0 Å². The summed E-state index contributed by atoms with van der Waals surface area (Å²) in [5, 5.41) is 0. The number of rotatable bonds is 5. The Labute approximate surface area is 197 Å². The summed E-state index contributed by atoms with van der Waals surface area (Å²) in [5.74, 6) is 3.47. The minimum absolute atomic E-state index is 0.0829. The van der Waals surface area contributed by atoms with E-state index in [1.807, 2.05) is 0 Å². The van der Waals surface area contributed by atoms with Crippen LogP contribution in [0.5, 0.6) is 0 Å². The summed E-state index contributed by atoms with van der Waals surface area (Å²) in [5.41, 5.74) is 5.77. The maximum atomic E-state index is 11.5. The van der Waals surface area contributed by atoms with E-state index in [1.165, 1.54) is 25.7 Å². The van der Waals surface area contributed by atoms with Gasteiger partial charge in [0.15, 0.2) is 0 Å². The highest BCUT2D eigenvalue weighted by molar-refractivity contribution is 5.66. The second-order valence-corrected chi connectivity index (χ2v) is 12.3. The predicted molar refractivity (Wildman–Crippen MR) is 133 cm³/mol. The molecule has 0 unspecified atom stereocenters. The van der Waals surface area contributed by atoms with E-state index < -0.39 is 0 Å². The Morgan fingerprint density at radius 2 is 1.84 bits per heavy atom. The van der Waals surface area contributed by atoms with Gasteiger partial charge in [-0.15, -0.1) is 0 Å². The van der Waals surface area contributed by atoms with E-state index in [-0.39, 0.29) is 17.5 Å². The molecule has 2 heteroatoms. The normalized spacial score (nSPS) is 38.8. The van der Waals surface area contributed by atoms with Gasteiger partial charge >= 0.3 is 5.97 Å². The van der Waals surface area contributed by atoms with E-state index in [0.717, 1.165) is 37.5 Å². The molecule has 0 aromatic rings. The molecular weight excluding hydrogens is 392 g/mol. The predicted octanol–water partition coefficient (Wildman–Crippen LogP) is 8.05. The molecule has 0 bridgehead atoms. The lowest BCUT2D eigenvalue weighted by Gasteiger charge is -2.52. The second kappa shape index (κ2) is 8.80. The molecule has 0 radical (unpaired) electrons. The van der Waals surface area contributed by atoms with Crippen LogP contribution in [-0.2, 0) is 9.53 Å².